The van der Waals surface area contributed by atoms with E-state index in [1.54, 1.807) is 0 Å². The molecule has 2 aromatic rings. The number of amides is 1. The number of benzene rings is 1. The molecule has 0 saturated heterocycles. The molecule has 1 amide bonds. The number of halogens is 1. The van der Waals surface area contributed by atoms with Gasteiger partial charge in [-0.15, -0.1) is 0 Å². The van der Waals surface area contributed by atoms with E-state index in [2.05, 4.69) is 36.9 Å². The second-order valence-electron chi connectivity index (χ2n) is 5.23. The molecule has 20 heavy (non-hydrogen) atoms. The Morgan fingerprint density at radius 3 is 3.10 bits per heavy atom. The van der Waals surface area contributed by atoms with Gasteiger partial charge in [-0.05, 0) is 53.7 Å². The summed E-state index contributed by atoms with van der Waals surface area (Å²) in [7, 11) is 0. The third-order valence-corrected chi connectivity index (χ3v) is 4.56. The first kappa shape index (κ1) is 13.4. The zero-order chi connectivity index (χ0) is 14.1. The summed E-state index contributed by atoms with van der Waals surface area (Å²) in [6.45, 7) is 0. The van der Waals surface area contributed by atoms with Crippen LogP contribution in [0.15, 0.2) is 29.0 Å². The van der Waals surface area contributed by atoms with Crippen molar-refractivity contribution >= 4 is 33.1 Å². The van der Waals surface area contributed by atoms with Gasteiger partial charge in [0.25, 0.3) is 0 Å². The van der Waals surface area contributed by atoms with Gasteiger partial charge in [0.2, 0.25) is 0 Å². The number of rotatable bonds is 2. The van der Waals surface area contributed by atoms with Gasteiger partial charge in [-0.2, -0.15) is 0 Å². The van der Waals surface area contributed by atoms with Crippen LogP contribution >= 0.6 is 15.9 Å². The summed E-state index contributed by atoms with van der Waals surface area (Å²) in [5.41, 5.74) is 2.06. The molecule has 1 aromatic heterocycles. The van der Waals surface area contributed by atoms with Gasteiger partial charge in [-0.3, -0.25) is 0 Å². The lowest BCUT2D eigenvalue weighted by Crippen LogP contribution is -2.37. The molecule has 0 spiro atoms. The molecule has 0 aliphatic heterocycles. The quantitative estimate of drug-likeness (QED) is 0.880. The van der Waals surface area contributed by atoms with E-state index in [-0.39, 0.29) is 6.04 Å². The lowest BCUT2D eigenvalue weighted by Gasteiger charge is -2.30. The van der Waals surface area contributed by atoms with E-state index in [1.807, 2.05) is 18.5 Å². The highest BCUT2D eigenvalue weighted by Gasteiger charge is 2.25. The molecule has 0 radical (unpaired) electrons. The monoisotopic (exact) mass is 337 g/mol. The standard InChI is InChI=1S/C14H16BrN3O2/c15-11-5-2-6-12-13(11)16-8-18(12)10-4-1-3-9(7-10)17-14(19)20/h2,5-6,8-10,17H,1,3-4,7H2,(H,19,20)/t9-,10+/m1/s1. The Labute approximate surface area is 125 Å². The number of hydrogen-bond acceptors (Lipinski definition) is 2. The number of nitrogens with one attached hydrogen (secondary N) is 1. The van der Waals surface area contributed by atoms with Gasteiger partial charge >= 0.3 is 6.09 Å². The molecule has 6 heteroatoms. The van der Waals surface area contributed by atoms with Gasteiger partial charge in [-0.1, -0.05) is 6.07 Å². The Bertz CT molecular complexity index is 640. The number of carboxylic acid groups (broad SMARTS) is 1. The van der Waals surface area contributed by atoms with Crippen LogP contribution in [0.25, 0.3) is 11.0 Å². The molecule has 2 N–H and O–H groups in total. The highest BCUT2D eigenvalue weighted by molar-refractivity contribution is 9.10. The summed E-state index contributed by atoms with van der Waals surface area (Å²) in [6, 6.07) is 6.38. The van der Waals surface area contributed by atoms with Crippen LogP contribution in [0.1, 0.15) is 31.7 Å². The van der Waals surface area contributed by atoms with E-state index in [0.29, 0.717) is 6.04 Å². The predicted octanol–water partition coefficient (Wildman–Crippen LogP) is 3.55. The van der Waals surface area contributed by atoms with Crippen LogP contribution in [0.4, 0.5) is 4.79 Å². The van der Waals surface area contributed by atoms with Crippen LogP contribution in [0.3, 0.4) is 0 Å². The zero-order valence-corrected chi connectivity index (χ0v) is 12.5. The molecule has 1 aromatic carbocycles. The summed E-state index contributed by atoms with van der Waals surface area (Å²) in [6.07, 6.45) is 4.76. The SMILES string of the molecule is O=C(O)N[C@@H]1CCC[C@H](n2cnc3c(Br)cccc32)C1. The number of carbonyl (C=O) groups is 1. The Morgan fingerprint density at radius 1 is 1.45 bits per heavy atom. The number of aromatic nitrogens is 2. The van der Waals surface area contributed by atoms with Crippen molar-refractivity contribution in [3.63, 3.8) is 0 Å². The fourth-order valence-corrected chi connectivity index (χ4v) is 3.49. The Morgan fingerprint density at radius 2 is 2.30 bits per heavy atom. The lowest BCUT2D eigenvalue weighted by molar-refractivity contribution is 0.182. The van der Waals surface area contributed by atoms with Crippen LogP contribution in [-0.4, -0.2) is 26.8 Å². The topological polar surface area (TPSA) is 67.2 Å². The Hall–Kier alpha value is -1.56. The van der Waals surface area contributed by atoms with Crippen LogP contribution in [0.2, 0.25) is 0 Å². The lowest BCUT2D eigenvalue weighted by atomic mass is 9.91. The molecule has 1 fully saturated rings. The van der Waals surface area contributed by atoms with Crippen LogP contribution < -0.4 is 5.32 Å². The smallest absolute Gasteiger partial charge is 0.404 e. The second kappa shape index (κ2) is 5.44. The number of hydrogen-bond donors (Lipinski definition) is 2. The average molecular weight is 338 g/mol. The van der Waals surface area contributed by atoms with Crippen LogP contribution in [0.5, 0.6) is 0 Å². The average Bonchev–Trinajstić information content (AvgIpc) is 2.83. The largest absolute Gasteiger partial charge is 0.465 e. The first-order valence-electron chi connectivity index (χ1n) is 6.75. The molecule has 0 bridgehead atoms. The van der Waals surface area contributed by atoms with E-state index in [9.17, 15) is 4.79 Å². The van der Waals surface area contributed by atoms with Gasteiger partial charge in [0.1, 0.15) is 5.52 Å². The maximum atomic E-state index is 10.8. The molecule has 0 unspecified atom stereocenters. The van der Waals surface area contributed by atoms with E-state index in [1.165, 1.54) is 0 Å². The molecule has 106 valence electrons. The summed E-state index contributed by atoms with van der Waals surface area (Å²) < 4.78 is 3.17. The molecule has 3 rings (SSSR count). The highest BCUT2D eigenvalue weighted by Crippen LogP contribution is 2.32. The van der Waals surface area contributed by atoms with Crippen molar-refractivity contribution in [3.8, 4) is 0 Å². The predicted molar refractivity (Wildman–Crippen MR) is 79.9 cm³/mol. The van der Waals surface area contributed by atoms with Crippen molar-refractivity contribution in [2.75, 3.05) is 0 Å². The molecule has 1 saturated carbocycles. The van der Waals surface area contributed by atoms with E-state index >= 15 is 0 Å². The van der Waals surface area contributed by atoms with Crippen LogP contribution in [0, 0.1) is 0 Å². The van der Waals surface area contributed by atoms with Crippen molar-refractivity contribution in [2.45, 2.75) is 37.8 Å². The minimum atomic E-state index is -0.936. The van der Waals surface area contributed by atoms with Crippen molar-refractivity contribution in [1.29, 1.82) is 0 Å². The first-order valence-corrected chi connectivity index (χ1v) is 7.55. The number of imidazole rings is 1. The van der Waals surface area contributed by atoms with E-state index in [4.69, 9.17) is 5.11 Å². The van der Waals surface area contributed by atoms with Gasteiger partial charge in [0.05, 0.1) is 11.8 Å². The minimum absolute atomic E-state index is 0.0378. The van der Waals surface area contributed by atoms with Gasteiger partial charge in [0.15, 0.2) is 0 Å². The van der Waals surface area contributed by atoms with Crippen molar-refractivity contribution < 1.29 is 9.90 Å². The summed E-state index contributed by atoms with van der Waals surface area (Å²) >= 11 is 3.51. The molecule has 1 aliphatic carbocycles. The van der Waals surface area contributed by atoms with E-state index in [0.717, 1.165) is 41.2 Å². The molecular formula is C14H16BrN3O2. The third-order valence-electron chi connectivity index (χ3n) is 3.92. The van der Waals surface area contributed by atoms with Crippen molar-refractivity contribution in [2.24, 2.45) is 0 Å². The van der Waals surface area contributed by atoms with E-state index < -0.39 is 6.09 Å². The van der Waals surface area contributed by atoms with Gasteiger partial charge < -0.3 is 15.0 Å². The fraction of sp³-hybridized carbons (Fsp3) is 0.429. The third kappa shape index (κ3) is 2.52. The first-order chi connectivity index (χ1) is 9.65. The molecule has 2 atom stereocenters. The summed E-state index contributed by atoms with van der Waals surface area (Å²) in [5, 5.41) is 11.5. The van der Waals surface area contributed by atoms with Crippen LogP contribution in [-0.2, 0) is 0 Å². The van der Waals surface area contributed by atoms with Gasteiger partial charge in [0, 0.05) is 16.6 Å². The Kier molecular flexibility index (Phi) is 3.65. The normalized spacial score (nSPS) is 22.9. The van der Waals surface area contributed by atoms with Crippen molar-refractivity contribution in [1.82, 2.24) is 14.9 Å². The summed E-state index contributed by atoms with van der Waals surface area (Å²) in [5.74, 6) is 0. The van der Waals surface area contributed by atoms with Crippen molar-refractivity contribution in [3.05, 3.63) is 29.0 Å². The summed E-state index contributed by atoms with van der Waals surface area (Å²) in [4.78, 5) is 15.2. The minimum Gasteiger partial charge on any atom is -0.465 e. The maximum Gasteiger partial charge on any atom is 0.404 e. The molecule has 1 aliphatic rings. The number of para-hydroxylation sites is 1. The Balaban J connectivity index is 1.87. The highest BCUT2D eigenvalue weighted by atomic mass is 79.9. The van der Waals surface area contributed by atoms with Gasteiger partial charge in [-0.25, -0.2) is 9.78 Å². The molecule has 5 nitrogen and oxygen atoms in total. The second-order valence-corrected chi connectivity index (χ2v) is 6.08. The maximum absolute atomic E-state index is 10.8. The fourth-order valence-electron chi connectivity index (χ4n) is 3.04. The zero-order valence-electron chi connectivity index (χ0n) is 10.9. The molecular weight excluding hydrogens is 322 g/mol. The molecule has 1 heterocycles. The number of nitrogens with zero attached hydrogens (tertiary/aromatic N) is 2. The number of fused-ring (bicyclic) bond motifs is 1.